The number of benzene rings is 1. The van der Waals surface area contributed by atoms with Crippen molar-refractivity contribution in [3.8, 4) is 5.75 Å². The summed E-state index contributed by atoms with van der Waals surface area (Å²) in [5.74, 6) is 0.676. The van der Waals surface area contributed by atoms with E-state index in [-0.39, 0.29) is 11.9 Å². The largest absolute Gasteiger partial charge is 0.490 e. The highest BCUT2D eigenvalue weighted by Crippen LogP contribution is 2.28. The molecule has 0 spiro atoms. The Kier molecular flexibility index (Phi) is 3.21. The fourth-order valence-electron chi connectivity index (χ4n) is 1.92. The van der Waals surface area contributed by atoms with E-state index in [1.807, 2.05) is 7.05 Å². The molecule has 1 aliphatic rings. The van der Waals surface area contributed by atoms with E-state index in [0.29, 0.717) is 0 Å². The molecule has 1 aliphatic heterocycles. The zero-order chi connectivity index (χ0) is 10.7. The molecule has 0 aliphatic carbocycles. The highest BCUT2D eigenvalue weighted by Gasteiger charge is 2.19. The third kappa shape index (κ3) is 2.48. The number of halogens is 1. The monoisotopic (exact) mass is 209 g/mol. The number of aryl methyl sites for hydroxylation is 1. The van der Waals surface area contributed by atoms with E-state index >= 15 is 0 Å². The molecule has 0 radical (unpaired) electrons. The van der Waals surface area contributed by atoms with Gasteiger partial charge in [0.15, 0.2) is 0 Å². The summed E-state index contributed by atoms with van der Waals surface area (Å²) in [5.41, 5.74) is 0.996. The molecule has 15 heavy (non-hydrogen) atoms. The molecule has 2 rings (SSSR count). The predicted octanol–water partition coefficient (Wildman–Crippen LogP) is 2.13. The summed E-state index contributed by atoms with van der Waals surface area (Å²) in [7, 11) is 1.94. The van der Waals surface area contributed by atoms with Gasteiger partial charge in [-0.2, -0.15) is 0 Å². The topological polar surface area (TPSA) is 21.3 Å². The fraction of sp³-hybridized carbons (Fsp3) is 0.500. The second kappa shape index (κ2) is 4.62. The highest BCUT2D eigenvalue weighted by atomic mass is 19.1. The first-order chi connectivity index (χ1) is 7.29. The molecule has 0 bridgehead atoms. The Hall–Kier alpha value is -1.09. The van der Waals surface area contributed by atoms with E-state index in [0.717, 1.165) is 37.1 Å². The summed E-state index contributed by atoms with van der Waals surface area (Å²) in [6.07, 6.45) is 3.18. The lowest BCUT2D eigenvalue weighted by molar-refractivity contribution is 0.164. The van der Waals surface area contributed by atoms with Gasteiger partial charge in [-0.25, -0.2) is 4.39 Å². The SMILES string of the molecule is CNCCC1CCc2cc(F)ccc2O1. The molecule has 0 amide bonds. The summed E-state index contributed by atoms with van der Waals surface area (Å²) in [4.78, 5) is 0. The van der Waals surface area contributed by atoms with Crippen molar-refractivity contribution in [3.63, 3.8) is 0 Å². The Morgan fingerprint density at radius 1 is 1.53 bits per heavy atom. The maximum Gasteiger partial charge on any atom is 0.123 e. The van der Waals surface area contributed by atoms with Gasteiger partial charge < -0.3 is 10.1 Å². The molecular weight excluding hydrogens is 193 g/mol. The molecule has 1 atom stereocenters. The van der Waals surface area contributed by atoms with Crippen LogP contribution in [0.15, 0.2) is 18.2 Å². The molecule has 1 heterocycles. The van der Waals surface area contributed by atoms with Crippen molar-refractivity contribution >= 4 is 0 Å². The smallest absolute Gasteiger partial charge is 0.123 e. The number of hydrogen-bond donors (Lipinski definition) is 1. The molecule has 0 saturated heterocycles. The van der Waals surface area contributed by atoms with Crippen molar-refractivity contribution in [1.82, 2.24) is 5.32 Å². The Bertz CT molecular complexity index is 340. The number of rotatable bonds is 3. The Morgan fingerprint density at radius 2 is 2.40 bits per heavy atom. The van der Waals surface area contributed by atoms with Crippen molar-refractivity contribution in [1.29, 1.82) is 0 Å². The maximum absolute atomic E-state index is 12.9. The number of nitrogens with one attached hydrogen (secondary N) is 1. The second-order valence-electron chi connectivity index (χ2n) is 3.92. The lowest BCUT2D eigenvalue weighted by atomic mass is 10.0. The van der Waals surface area contributed by atoms with E-state index in [9.17, 15) is 4.39 Å². The summed E-state index contributed by atoms with van der Waals surface area (Å²) in [6, 6.07) is 4.76. The van der Waals surface area contributed by atoms with E-state index in [2.05, 4.69) is 5.32 Å². The Labute approximate surface area is 89.4 Å². The van der Waals surface area contributed by atoms with Crippen molar-refractivity contribution in [2.75, 3.05) is 13.6 Å². The van der Waals surface area contributed by atoms with Gasteiger partial charge in [0.05, 0.1) is 0 Å². The molecule has 82 valence electrons. The average Bonchev–Trinajstić information content (AvgIpc) is 2.26. The quantitative estimate of drug-likeness (QED) is 0.823. The predicted molar refractivity (Wildman–Crippen MR) is 57.7 cm³/mol. The van der Waals surface area contributed by atoms with Crippen LogP contribution in [0.5, 0.6) is 5.75 Å². The van der Waals surface area contributed by atoms with Crippen LogP contribution in [0.2, 0.25) is 0 Å². The molecule has 1 aromatic rings. The van der Waals surface area contributed by atoms with Crippen LogP contribution >= 0.6 is 0 Å². The van der Waals surface area contributed by atoms with Crippen LogP contribution in [0.4, 0.5) is 4.39 Å². The van der Waals surface area contributed by atoms with E-state index in [1.165, 1.54) is 6.07 Å². The van der Waals surface area contributed by atoms with Crippen molar-refractivity contribution in [3.05, 3.63) is 29.6 Å². The summed E-state index contributed by atoms with van der Waals surface area (Å²) in [6.45, 7) is 0.960. The molecule has 3 heteroatoms. The lowest BCUT2D eigenvalue weighted by Crippen LogP contribution is -2.26. The molecule has 2 nitrogen and oxygen atoms in total. The van der Waals surface area contributed by atoms with Gasteiger partial charge in [-0.1, -0.05) is 0 Å². The van der Waals surface area contributed by atoms with Gasteiger partial charge in [0, 0.05) is 0 Å². The average molecular weight is 209 g/mol. The van der Waals surface area contributed by atoms with Gasteiger partial charge in [-0.05, 0) is 56.6 Å². The Morgan fingerprint density at radius 3 is 3.20 bits per heavy atom. The minimum absolute atomic E-state index is 0.175. The first-order valence-electron chi connectivity index (χ1n) is 5.39. The molecular formula is C12H16FNO. The number of ether oxygens (including phenoxy) is 1. The summed E-state index contributed by atoms with van der Waals surface area (Å²) >= 11 is 0. The molecule has 0 saturated carbocycles. The van der Waals surface area contributed by atoms with Crippen LogP contribution in [-0.2, 0) is 6.42 Å². The van der Waals surface area contributed by atoms with E-state index < -0.39 is 0 Å². The third-order valence-corrected chi connectivity index (χ3v) is 2.77. The lowest BCUT2D eigenvalue weighted by Gasteiger charge is -2.26. The van der Waals surface area contributed by atoms with Crippen LogP contribution in [-0.4, -0.2) is 19.7 Å². The number of hydrogen-bond acceptors (Lipinski definition) is 2. The van der Waals surface area contributed by atoms with Crippen LogP contribution < -0.4 is 10.1 Å². The molecule has 0 fully saturated rings. The molecule has 1 aromatic carbocycles. The van der Waals surface area contributed by atoms with Gasteiger partial charge in [0.1, 0.15) is 17.7 Å². The van der Waals surface area contributed by atoms with Gasteiger partial charge in [0.2, 0.25) is 0 Å². The Balaban J connectivity index is 2.03. The number of fused-ring (bicyclic) bond motifs is 1. The van der Waals surface area contributed by atoms with Crippen LogP contribution in [0.25, 0.3) is 0 Å². The highest BCUT2D eigenvalue weighted by molar-refractivity contribution is 5.35. The second-order valence-corrected chi connectivity index (χ2v) is 3.92. The van der Waals surface area contributed by atoms with Crippen LogP contribution in [0.3, 0.4) is 0 Å². The van der Waals surface area contributed by atoms with Gasteiger partial charge in [-0.15, -0.1) is 0 Å². The molecule has 0 aromatic heterocycles. The van der Waals surface area contributed by atoms with E-state index in [4.69, 9.17) is 4.74 Å². The van der Waals surface area contributed by atoms with Gasteiger partial charge in [-0.3, -0.25) is 0 Å². The molecule has 1 unspecified atom stereocenters. The van der Waals surface area contributed by atoms with Gasteiger partial charge in [0.25, 0.3) is 0 Å². The summed E-state index contributed by atoms with van der Waals surface area (Å²) in [5, 5.41) is 3.11. The summed E-state index contributed by atoms with van der Waals surface area (Å²) < 4.78 is 18.7. The zero-order valence-electron chi connectivity index (χ0n) is 8.92. The fourth-order valence-corrected chi connectivity index (χ4v) is 1.92. The maximum atomic E-state index is 12.9. The van der Waals surface area contributed by atoms with Crippen molar-refractivity contribution in [2.45, 2.75) is 25.4 Å². The minimum Gasteiger partial charge on any atom is -0.490 e. The van der Waals surface area contributed by atoms with Crippen LogP contribution in [0, 0.1) is 5.82 Å². The first-order valence-corrected chi connectivity index (χ1v) is 5.39. The molecule has 1 N–H and O–H groups in total. The first kappa shape index (κ1) is 10.4. The standard InChI is InChI=1S/C12H16FNO/c1-14-7-6-11-4-2-9-8-10(13)3-5-12(9)15-11/h3,5,8,11,14H,2,4,6-7H2,1H3. The van der Waals surface area contributed by atoms with E-state index in [1.54, 1.807) is 12.1 Å². The van der Waals surface area contributed by atoms with Crippen molar-refractivity contribution in [2.24, 2.45) is 0 Å². The normalized spacial score (nSPS) is 19.5. The zero-order valence-corrected chi connectivity index (χ0v) is 8.92. The van der Waals surface area contributed by atoms with Crippen LogP contribution in [0.1, 0.15) is 18.4 Å². The van der Waals surface area contributed by atoms with Gasteiger partial charge >= 0.3 is 0 Å². The third-order valence-electron chi connectivity index (χ3n) is 2.77. The van der Waals surface area contributed by atoms with Crippen molar-refractivity contribution < 1.29 is 9.13 Å². The minimum atomic E-state index is -0.175.